The molecule has 3 N–H and O–H groups in total. The minimum absolute atomic E-state index is 0.157. The van der Waals surface area contributed by atoms with Gasteiger partial charge in [0.05, 0.1) is 38.9 Å². The van der Waals surface area contributed by atoms with Gasteiger partial charge in [-0.1, -0.05) is 18.2 Å². The van der Waals surface area contributed by atoms with Crippen LogP contribution in [0.15, 0.2) is 61.1 Å². The highest BCUT2D eigenvalue weighted by Gasteiger charge is 2.26. The van der Waals surface area contributed by atoms with Crippen LogP contribution in [0.3, 0.4) is 0 Å². The molecular formula is C23H22N4O4. The molecule has 0 aliphatic heterocycles. The van der Waals surface area contributed by atoms with Gasteiger partial charge in [0, 0.05) is 34.4 Å². The number of nitrogens with one attached hydrogen (secondary N) is 2. The van der Waals surface area contributed by atoms with Crippen LogP contribution in [0.4, 0.5) is 5.69 Å². The van der Waals surface area contributed by atoms with Crippen molar-refractivity contribution in [3.8, 4) is 11.6 Å². The SMILES string of the molecule is COc1cc(CO)cc(NC(C(=O)c2c[nH]c3ccccc23)c2cnc(OC)cn2)c1. The first-order valence-electron chi connectivity index (χ1n) is 9.64. The highest BCUT2D eigenvalue weighted by atomic mass is 16.5. The third-order valence-electron chi connectivity index (χ3n) is 4.97. The normalized spacial score (nSPS) is 11.8. The summed E-state index contributed by atoms with van der Waals surface area (Å²) in [5.41, 5.74) is 3.11. The Kier molecular flexibility index (Phi) is 5.81. The molecule has 2 heterocycles. The summed E-state index contributed by atoms with van der Waals surface area (Å²) in [6.45, 7) is -0.157. The van der Waals surface area contributed by atoms with Crippen molar-refractivity contribution in [3.05, 3.63) is 77.9 Å². The van der Waals surface area contributed by atoms with Crippen molar-refractivity contribution in [2.24, 2.45) is 0 Å². The van der Waals surface area contributed by atoms with Crippen LogP contribution >= 0.6 is 0 Å². The highest BCUT2D eigenvalue weighted by Crippen LogP contribution is 2.29. The summed E-state index contributed by atoms with van der Waals surface area (Å²) in [4.78, 5) is 25.3. The minimum atomic E-state index is -0.823. The standard InChI is InChI=1S/C23H22N4O4/c1-30-16-8-14(13-28)7-15(9-16)27-22(20-11-26-21(31-2)12-25-20)23(29)18-10-24-19-6-4-3-5-17(18)19/h3-12,22,24,27-28H,13H2,1-2H3. The molecule has 1 unspecified atom stereocenters. The fraction of sp³-hybridized carbons (Fsp3) is 0.174. The molecule has 0 spiro atoms. The van der Waals surface area contributed by atoms with Crippen molar-refractivity contribution in [2.75, 3.05) is 19.5 Å². The topological polar surface area (TPSA) is 109 Å². The lowest BCUT2D eigenvalue weighted by Crippen LogP contribution is -2.22. The molecule has 8 heteroatoms. The van der Waals surface area contributed by atoms with Crippen LogP contribution < -0.4 is 14.8 Å². The number of carbonyl (C=O) groups excluding carboxylic acids is 1. The lowest BCUT2D eigenvalue weighted by molar-refractivity contribution is 0.0969. The maximum Gasteiger partial charge on any atom is 0.231 e. The van der Waals surface area contributed by atoms with Crippen LogP contribution in [0.25, 0.3) is 10.9 Å². The molecule has 0 aliphatic carbocycles. The van der Waals surface area contributed by atoms with Crippen molar-refractivity contribution in [2.45, 2.75) is 12.6 Å². The first kappa shape index (κ1) is 20.4. The molecule has 31 heavy (non-hydrogen) atoms. The van der Waals surface area contributed by atoms with Gasteiger partial charge in [-0.05, 0) is 23.8 Å². The number of anilines is 1. The molecule has 8 nitrogen and oxygen atoms in total. The number of aromatic nitrogens is 3. The number of ether oxygens (including phenoxy) is 2. The van der Waals surface area contributed by atoms with E-state index in [4.69, 9.17) is 9.47 Å². The first-order valence-corrected chi connectivity index (χ1v) is 9.64. The van der Waals surface area contributed by atoms with Crippen LogP contribution in [0, 0.1) is 0 Å². The molecule has 0 radical (unpaired) electrons. The molecule has 4 aromatic rings. The zero-order valence-corrected chi connectivity index (χ0v) is 17.1. The lowest BCUT2D eigenvalue weighted by atomic mass is 10.0. The van der Waals surface area contributed by atoms with Gasteiger partial charge in [0.25, 0.3) is 0 Å². The van der Waals surface area contributed by atoms with E-state index in [1.165, 1.54) is 19.5 Å². The van der Waals surface area contributed by atoms with Gasteiger partial charge in [-0.15, -0.1) is 0 Å². The Balaban J connectivity index is 1.77. The predicted molar refractivity (Wildman–Crippen MR) is 116 cm³/mol. The number of ketones is 1. The van der Waals surface area contributed by atoms with Crippen LogP contribution in [-0.2, 0) is 6.61 Å². The number of fused-ring (bicyclic) bond motifs is 1. The van der Waals surface area contributed by atoms with E-state index in [2.05, 4.69) is 20.3 Å². The van der Waals surface area contributed by atoms with E-state index >= 15 is 0 Å². The van der Waals surface area contributed by atoms with Crippen LogP contribution in [0.2, 0.25) is 0 Å². The van der Waals surface area contributed by atoms with Crippen molar-refractivity contribution in [3.63, 3.8) is 0 Å². The van der Waals surface area contributed by atoms with Gasteiger partial charge in [-0.25, -0.2) is 4.98 Å². The average molecular weight is 418 g/mol. The molecule has 0 aliphatic rings. The molecule has 158 valence electrons. The Morgan fingerprint density at radius 2 is 1.97 bits per heavy atom. The van der Waals surface area contributed by atoms with Gasteiger partial charge in [-0.3, -0.25) is 9.78 Å². The largest absolute Gasteiger partial charge is 0.497 e. The van der Waals surface area contributed by atoms with E-state index in [0.717, 1.165) is 10.9 Å². The predicted octanol–water partition coefficient (Wildman–Crippen LogP) is 3.50. The number of para-hydroxylation sites is 1. The second kappa shape index (κ2) is 8.85. The van der Waals surface area contributed by atoms with Gasteiger partial charge < -0.3 is 24.9 Å². The molecule has 0 bridgehead atoms. The molecular weight excluding hydrogens is 396 g/mol. The number of aliphatic hydroxyl groups excluding tert-OH is 1. The first-order chi connectivity index (χ1) is 15.1. The molecule has 1 atom stereocenters. The second-order valence-electron chi connectivity index (χ2n) is 6.90. The number of hydrogen-bond acceptors (Lipinski definition) is 7. The minimum Gasteiger partial charge on any atom is -0.497 e. The van der Waals surface area contributed by atoms with E-state index in [1.807, 2.05) is 24.3 Å². The van der Waals surface area contributed by atoms with Gasteiger partial charge in [-0.2, -0.15) is 0 Å². The highest BCUT2D eigenvalue weighted by molar-refractivity contribution is 6.11. The zero-order chi connectivity index (χ0) is 21.8. The smallest absolute Gasteiger partial charge is 0.231 e. The number of H-pyrrole nitrogens is 1. The summed E-state index contributed by atoms with van der Waals surface area (Å²) in [6, 6.07) is 12.0. The van der Waals surface area contributed by atoms with Crippen molar-refractivity contribution in [1.82, 2.24) is 15.0 Å². The van der Waals surface area contributed by atoms with Crippen LogP contribution in [-0.4, -0.2) is 40.1 Å². The molecule has 2 aromatic carbocycles. The lowest BCUT2D eigenvalue weighted by Gasteiger charge is -2.19. The summed E-state index contributed by atoms with van der Waals surface area (Å²) in [5, 5.41) is 13.6. The Labute approximate surface area is 178 Å². The van der Waals surface area contributed by atoms with Crippen molar-refractivity contribution < 1.29 is 19.4 Å². The average Bonchev–Trinajstić information content (AvgIpc) is 3.26. The Hall–Kier alpha value is -3.91. The monoisotopic (exact) mass is 418 g/mol. The number of rotatable bonds is 8. The van der Waals surface area contributed by atoms with Gasteiger partial charge in [0.15, 0.2) is 5.78 Å². The third-order valence-corrected chi connectivity index (χ3v) is 4.97. The van der Waals surface area contributed by atoms with E-state index in [0.29, 0.717) is 34.1 Å². The van der Waals surface area contributed by atoms with Crippen molar-refractivity contribution >= 4 is 22.4 Å². The van der Waals surface area contributed by atoms with Crippen molar-refractivity contribution in [1.29, 1.82) is 0 Å². The number of aliphatic hydroxyl groups is 1. The summed E-state index contributed by atoms with van der Waals surface area (Å²) in [7, 11) is 3.05. The summed E-state index contributed by atoms with van der Waals surface area (Å²) in [6.07, 6.45) is 4.68. The summed E-state index contributed by atoms with van der Waals surface area (Å²) >= 11 is 0. The Morgan fingerprint density at radius 3 is 2.68 bits per heavy atom. The Bertz CT molecular complexity index is 1180. The van der Waals surface area contributed by atoms with E-state index in [-0.39, 0.29) is 12.4 Å². The fourth-order valence-electron chi connectivity index (χ4n) is 3.41. The number of Topliss-reactive ketones (excluding diaryl/α,β-unsaturated/α-hetero) is 1. The third kappa shape index (κ3) is 4.19. The summed E-state index contributed by atoms with van der Waals surface area (Å²) < 4.78 is 10.4. The van der Waals surface area contributed by atoms with Gasteiger partial charge in [0.2, 0.25) is 5.88 Å². The van der Waals surface area contributed by atoms with Gasteiger partial charge >= 0.3 is 0 Å². The maximum atomic E-state index is 13.6. The number of carbonyl (C=O) groups is 1. The number of nitrogens with zero attached hydrogens (tertiary/aromatic N) is 2. The zero-order valence-electron chi connectivity index (χ0n) is 17.1. The fourth-order valence-corrected chi connectivity index (χ4v) is 3.41. The molecule has 0 saturated carbocycles. The number of methoxy groups -OCH3 is 2. The quantitative estimate of drug-likeness (QED) is 0.376. The van der Waals surface area contributed by atoms with E-state index in [9.17, 15) is 9.90 Å². The van der Waals surface area contributed by atoms with Gasteiger partial charge in [0.1, 0.15) is 11.8 Å². The van der Waals surface area contributed by atoms with Crippen LogP contribution in [0.5, 0.6) is 11.6 Å². The number of hydrogen-bond donors (Lipinski definition) is 3. The molecule has 2 aromatic heterocycles. The number of benzene rings is 2. The molecule has 0 amide bonds. The maximum absolute atomic E-state index is 13.6. The molecule has 4 rings (SSSR count). The summed E-state index contributed by atoms with van der Waals surface area (Å²) in [5.74, 6) is 0.740. The van der Waals surface area contributed by atoms with Crippen LogP contribution in [0.1, 0.15) is 27.7 Å². The molecule has 0 saturated heterocycles. The van der Waals surface area contributed by atoms with E-state index in [1.54, 1.807) is 31.5 Å². The van der Waals surface area contributed by atoms with E-state index < -0.39 is 6.04 Å². The number of aromatic amines is 1. The second-order valence-corrected chi connectivity index (χ2v) is 6.90. The molecule has 0 fully saturated rings. The Morgan fingerprint density at radius 1 is 1.13 bits per heavy atom.